The van der Waals surface area contributed by atoms with Crippen molar-refractivity contribution in [2.24, 2.45) is 11.3 Å². The largest absolute Gasteiger partial charge is 0.493 e. The van der Waals surface area contributed by atoms with Gasteiger partial charge in [0.05, 0.1) is 6.61 Å². The Morgan fingerprint density at radius 1 is 1.03 bits per heavy atom. The number of aryl methyl sites for hydroxylation is 1. The molecule has 2 aliphatic heterocycles. The lowest BCUT2D eigenvalue weighted by Crippen LogP contribution is -2.48. The fourth-order valence-corrected chi connectivity index (χ4v) is 5.13. The summed E-state index contributed by atoms with van der Waals surface area (Å²) in [4.78, 5) is 29.3. The van der Waals surface area contributed by atoms with E-state index in [4.69, 9.17) is 4.74 Å². The summed E-state index contributed by atoms with van der Waals surface area (Å²) < 4.78 is 5.98. The van der Waals surface area contributed by atoms with Gasteiger partial charge in [0.15, 0.2) is 0 Å². The number of piperidine rings is 1. The van der Waals surface area contributed by atoms with E-state index < -0.39 is 0 Å². The Bertz CT molecular complexity index is 751. The fourth-order valence-electron chi connectivity index (χ4n) is 5.13. The predicted octanol–water partition coefficient (Wildman–Crippen LogP) is 4.05. The third kappa shape index (κ3) is 5.16. The molecule has 0 bridgehead atoms. The van der Waals surface area contributed by atoms with E-state index in [-0.39, 0.29) is 11.3 Å². The highest BCUT2D eigenvalue weighted by Gasteiger charge is 2.40. The molecule has 1 saturated carbocycles. The van der Waals surface area contributed by atoms with Crippen molar-refractivity contribution in [3.63, 3.8) is 0 Å². The Balaban J connectivity index is 1.43. The zero-order chi connectivity index (χ0) is 21.0. The van der Waals surface area contributed by atoms with E-state index >= 15 is 0 Å². The van der Waals surface area contributed by atoms with Crippen LogP contribution in [-0.4, -0.2) is 54.9 Å². The summed E-state index contributed by atoms with van der Waals surface area (Å²) in [5.74, 6) is 1.85. The second kappa shape index (κ2) is 9.40. The number of benzene rings is 1. The van der Waals surface area contributed by atoms with Crippen LogP contribution in [0.25, 0.3) is 0 Å². The number of carbonyl (C=O) groups is 2. The number of rotatable bonds is 1. The quantitative estimate of drug-likeness (QED) is 0.699. The van der Waals surface area contributed by atoms with Gasteiger partial charge in [-0.25, -0.2) is 0 Å². The second-order valence-electron chi connectivity index (χ2n) is 9.62. The van der Waals surface area contributed by atoms with Gasteiger partial charge in [-0.2, -0.15) is 0 Å². The average Bonchev–Trinajstić information content (AvgIpc) is 3.60. The first-order valence-corrected chi connectivity index (χ1v) is 11.8. The van der Waals surface area contributed by atoms with Crippen LogP contribution in [0.2, 0.25) is 0 Å². The smallest absolute Gasteiger partial charge is 0.225 e. The zero-order valence-electron chi connectivity index (χ0n) is 18.4. The number of hydrogen-bond acceptors (Lipinski definition) is 3. The lowest BCUT2D eigenvalue weighted by Gasteiger charge is -2.44. The van der Waals surface area contributed by atoms with Crippen molar-refractivity contribution in [2.75, 3.05) is 33.3 Å². The van der Waals surface area contributed by atoms with E-state index in [1.807, 2.05) is 24.1 Å². The zero-order valence-corrected chi connectivity index (χ0v) is 18.4. The first-order chi connectivity index (χ1) is 14.6. The van der Waals surface area contributed by atoms with Crippen LogP contribution >= 0.6 is 0 Å². The van der Waals surface area contributed by atoms with Crippen LogP contribution in [-0.2, 0) is 16.0 Å². The molecule has 5 nitrogen and oxygen atoms in total. The Morgan fingerprint density at radius 2 is 1.80 bits per heavy atom. The third-order valence-corrected chi connectivity index (χ3v) is 7.23. The highest BCUT2D eigenvalue weighted by atomic mass is 16.5. The minimum atomic E-state index is 0.144. The van der Waals surface area contributed by atoms with Crippen LogP contribution in [0.3, 0.4) is 0 Å². The molecule has 2 heterocycles. The van der Waals surface area contributed by atoms with Crippen LogP contribution in [0.4, 0.5) is 0 Å². The lowest BCUT2D eigenvalue weighted by molar-refractivity contribution is -0.137. The Hall–Kier alpha value is -2.04. The Kier molecular flexibility index (Phi) is 6.64. The van der Waals surface area contributed by atoms with E-state index in [1.54, 1.807) is 0 Å². The molecule has 3 aliphatic rings. The first-order valence-electron chi connectivity index (χ1n) is 11.8. The van der Waals surface area contributed by atoms with Crippen molar-refractivity contribution < 1.29 is 14.3 Å². The number of carbonyl (C=O) groups excluding carboxylic acids is 2. The Labute approximate surface area is 180 Å². The maximum absolute atomic E-state index is 12.7. The van der Waals surface area contributed by atoms with Crippen molar-refractivity contribution in [2.45, 2.75) is 64.2 Å². The minimum absolute atomic E-state index is 0.144. The molecule has 164 valence electrons. The van der Waals surface area contributed by atoms with Crippen molar-refractivity contribution in [1.29, 1.82) is 0 Å². The molecular weight excluding hydrogens is 376 g/mol. The maximum atomic E-state index is 12.7. The highest BCUT2D eigenvalue weighted by molar-refractivity contribution is 5.81. The molecule has 30 heavy (non-hydrogen) atoms. The third-order valence-electron chi connectivity index (χ3n) is 7.23. The topological polar surface area (TPSA) is 49.9 Å². The normalized spacial score (nSPS) is 23.4. The van der Waals surface area contributed by atoms with Gasteiger partial charge in [-0.1, -0.05) is 24.6 Å². The van der Waals surface area contributed by atoms with Crippen LogP contribution in [0, 0.1) is 11.3 Å². The number of para-hydroxylation sites is 1. The van der Waals surface area contributed by atoms with Gasteiger partial charge in [0, 0.05) is 39.0 Å². The molecule has 1 aromatic rings. The fraction of sp³-hybridized carbons (Fsp3) is 0.680. The number of fused-ring (bicyclic) bond motifs is 1. The molecule has 0 unspecified atom stereocenters. The maximum Gasteiger partial charge on any atom is 0.225 e. The molecule has 1 aliphatic carbocycles. The number of likely N-dealkylation sites (tertiary alicyclic amines) is 1. The van der Waals surface area contributed by atoms with E-state index in [9.17, 15) is 9.59 Å². The summed E-state index contributed by atoms with van der Waals surface area (Å²) in [6.45, 7) is 3.11. The standard InChI is InChI=1S/C25H36N2O3/c1-26-19-25(14-16-27(17-15-25)24(29)21-11-12-21)13-5-4-8-20-7-2-3-9-22(20)30-18-6-10-23(26)28/h2-3,7,9,21H,4-6,8,10-19H2,1H3. The van der Waals surface area contributed by atoms with Gasteiger partial charge in [-0.05, 0) is 68.4 Å². The summed E-state index contributed by atoms with van der Waals surface area (Å²) in [6.07, 6.45) is 9.89. The number of hydrogen-bond donors (Lipinski definition) is 0. The predicted molar refractivity (Wildman–Crippen MR) is 117 cm³/mol. The molecule has 0 N–H and O–H groups in total. The molecule has 0 atom stereocenters. The molecule has 1 spiro atoms. The molecule has 2 amide bonds. The summed E-state index contributed by atoms with van der Waals surface area (Å²) in [5.41, 5.74) is 1.42. The number of ether oxygens (including phenoxy) is 1. The molecule has 2 fully saturated rings. The lowest BCUT2D eigenvalue weighted by atomic mass is 9.73. The Morgan fingerprint density at radius 3 is 2.57 bits per heavy atom. The second-order valence-corrected chi connectivity index (χ2v) is 9.62. The molecule has 0 radical (unpaired) electrons. The van der Waals surface area contributed by atoms with E-state index in [2.05, 4.69) is 17.0 Å². The summed E-state index contributed by atoms with van der Waals surface area (Å²) >= 11 is 0. The molecule has 5 heteroatoms. The van der Waals surface area contributed by atoms with Crippen molar-refractivity contribution in [3.05, 3.63) is 29.8 Å². The highest BCUT2D eigenvalue weighted by Crippen LogP contribution is 2.40. The van der Waals surface area contributed by atoms with Crippen LogP contribution in [0.1, 0.15) is 63.4 Å². The van der Waals surface area contributed by atoms with E-state index in [0.29, 0.717) is 24.9 Å². The van der Waals surface area contributed by atoms with Crippen LogP contribution in [0.15, 0.2) is 24.3 Å². The van der Waals surface area contributed by atoms with Gasteiger partial charge < -0.3 is 14.5 Å². The van der Waals surface area contributed by atoms with E-state index in [0.717, 1.165) is 83.2 Å². The van der Waals surface area contributed by atoms with Crippen molar-refractivity contribution >= 4 is 11.8 Å². The monoisotopic (exact) mass is 412 g/mol. The van der Waals surface area contributed by atoms with Crippen molar-refractivity contribution in [3.8, 4) is 5.75 Å². The summed E-state index contributed by atoms with van der Waals surface area (Å²) in [5, 5.41) is 0. The minimum Gasteiger partial charge on any atom is -0.493 e. The van der Waals surface area contributed by atoms with Gasteiger partial charge in [0.1, 0.15) is 5.75 Å². The SMILES string of the molecule is CN1CC2(CCCCc3ccccc3OCCCC1=O)CCN(C(=O)C1CC1)CC2. The molecule has 4 rings (SSSR count). The van der Waals surface area contributed by atoms with E-state index in [1.165, 1.54) is 5.56 Å². The van der Waals surface area contributed by atoms with Gasteiger partial charge in [-0.15, -0.1) is 0 Å². The van der Waals surface area contributed by atoms with Gasteiger partial charge in [0.25, 0.3) is 0 Å². The van der Waals surface area contributed by atoms with Gasteiger partial charge in [0.2, 0.25) is 11.8 Å². The summed E-state index contributed by atoms with van der Waals surface area (Å²) in [6, 6.07) is 8.31. The number of nitrogens with zero attached hydrogens (tertiary/aromatic N) is 2. The average molecular weight is 413 g/mol. The summed E-state index contributed by atoms with van der Waals surface area (Å²) in [7, 11) is 1.95. The number of amides is 2. The molecular formula is C25H36N2O3. The molecule has 1 saturated heterocycles. The van der Waals surface area contributed by atoms with Crippen LogP contribution < -0.4 is 4.74 Å². The molecule has 0 aromatic heterocycles. The van der Waals surface area contributed by atoms with Gasteiger partial charge in [-0.3, -0.25) is 9.59 Å². The molecule has 1 aromatic carbocycles. The first kappa shape index (κ1) is 21.2. The van der Waals surface area contributed by atoms with Gasteiger partial charge >= 0.3 is 0 Å². The van der Waals surface area contributed by atoms with Crippen LogP contribution in [0.5, 0.6) is 5.75 Å². The van der Waals surface area contributed by atoms with Crippen molar-refractivity contribution in [1.82, 2.24) is 9.80 Å².